The summed E-state index contributed by atoms with van der Waals surface area (Å²) in [6, 6.07) is 7.79. The first-order chi connectivity index (χ1) is 12.2. The molecule has 1 aliphatic heterocycles. The molecule has 6 nitrogen and oxygen atoms in total. The van der Waals surface area contributed by atoms with E-state index in [1.54, 1.807) is 18.2 Å². The van der Waals surface area contributed by atoms with E-state index in [4.69, 9.17) is 4.42 Å². The van der Waals surface area contributed by atoms with E-state index in [-0.39, 0.29) is 17.6 Å². The van der Waals surface area contributed by atoms with Crippen molar-refractivity contribution >= 4 is 5.91 Å². The molecule has 1 aromatic carbocycles. The maximum absolute atomic E-state index is 13.0. The predicted octanol–water partition coefficient (Wildman–Crippen LogP) is 3.22. The Kier molecular flexibility index (Phi) is 4.05. The predicted molar refractivity (Wildman–Crippen MR) is 88.4 cm³/mol. The minimum atomic E-state index is -0.283. The number of amides is 1. The van der Waals surface area contributed by atoms with Crippen molar-refractivity contribution in [3.8, 4) is 11.4 Å². The Morgan fingerprint density at radius 2 is 1.96 bits per heavy atom. The van der Waals surface area contributed by atoms with Crippen LogP contribution in [0.4, 0.5) is 4.39 Å². The molecule has 7 heteroatoms. The van der Waals surface area contributed by atoms with E-state index in [0.717, 1.165) is 24.2 Å². The van der Waals surface area contributed by atoms with Crippen molar-refractivity contribution in [2.75, 3.05) is 13.1 Å². The Hall–Kier alpha value is -2.96. The molecule has 0 aliphatic carbocycles. The normalized spacial score (nSPS) is 15.5. The van der Waals surface area contributed by atoms with Crippen LogP contribution in [0.1, 0.15) is 34.9 Å². The molecule has 1 aliphatic rings. The van der Waals surface area contributed by atoms with Crippen LogP contribution in [-0.2, 0) is 0 Å². The third-order valence-electron chi connectivity index (χ3n) is 4.54. The summed E-state index contributed by atoms with van der Waals surface area (Å²) in [4.78, 5) is 18.7. The highest BCUT2D eigenvalue weighted by atomic mass is 19.1. The zero-order valence-electron chi connectivity index (χ0n) is 13.5. The molecule has 4 rings (SSSR count). The summed E-state index contributed by atoms with van der Waals surface area (Å²) in [5.41, 5.74) is 1.35. The number of hydrogen-bond acceptors (Lipinski definition) is 4. The Balaban J connectivity index is 1.41. The topological polar surface area (TPSA) is 75.0 Å². The first-order valence-corrected chi connectivity index (χ1v) is 8.20. The van der Waals surface area contributed by atoms with Crippen LogP contribution in [0.2, 0.25) is 0 Å². The van der Waals surface area contributed by atoms with Crippen LogP contribution in [0.15, 0.2) is 47.3 Å². The quantitative estimate of drug-likeness (QED) is 0.794. The molecule has 1 saturated heterocycles. The number of nitrogens with zero attached hydrogens (tertiary/aromatic N) is 3. The van der Waals surface area contributed by atoms with Crippen molar-refractivity contribution in [2.45, 2.75) is 18.8 Å². The SMILES string of the molecule is O=C(c1ccoc1)N1CCC(c2nc(-c3ccc(F)cc3)n[nH]2)CC1. The maximum Gasteiger partial charge on any atom is 0.257 e. The van der Waals surface area contributed by atoms with Crippen LogP contribution in [0.3, 0.4) is 0 Å². The number of furan rings is 1. The molecule has 0 radical (unpaired) electrons. The Bertz CT molecular complexity index is 850. The number of nitrogens with one attached hydrogen (secondary N) is 1. The summed E-state index contributed by atoms with van der Waals surface area (Å²) in [7, 11) is 0. The van der Waals surface area contributed by atoms with Crippen molar-refractivity contribution in [1.29, 1.82) is 0 Å². The van der Waals surface area contributed by atoms with Gasteiger partial charge in [-0.15, -0.1) is 0 Å². The van der Waals surface area contributed by atoms with E-state index in [2.05, 4.69) is 15.2 Å². The van der Waals surface area contributed by atoms with Gasteiger partial charge in [0.2, 0.25) is 0 Å². The number of likely N-dealkylation sites (tertiary alicyclic amines) is 1. The lowest BCUT2D eigenvalue weighted by Crippen LogP contribution is -2.37. The molecule has 3 heterocycles. The molecular formula is C18H17FN4O2. The fourth-order valence-electron chi connectivity index (χ4n) is 3.11. The first kappa shape index (κ1) is 15.6. The highest BCUT2D eigenvalue weighted by Crippen LogP contribution is 2.27. The number of hydrogen-bond donors (Lipinski definition) is 1. The molecule has 1 fully saturated rings. The summed E-state index contributed by atoms with van der Waals surface area (Å²) in [5, 5.41) is 7.22. The average molecular weight is 340 g/mol. The van der Waals surface area contributed by atoms with Gasteiger partial charge in [0.25, 0.3) is 5.91 Å². The van der Waals surface area contributed by atoms with Gasteiger partial charge in [0.15, 0.2) is 5.82 Å². The fraction of sp³-hybridized carbons (Fsp3) is 0.278. The Morgan fingerprint density at radius 3 is 2.64 bits per heavy atom. The van der Waals surface area contributed by atoms with E-state index in [1.165, 1.54) is 24.7 Å². The van der Waals surface area contributed by atoms with Gasteiger partial charge < -0.3 is 9.32 Å². The van der Waals surface area contributed by atoms with Crippen molar-refractivity contribution in [3.63, 3.8) is 0 Å². The van der Waals surface area contributed by atoms with E-state index in [1.807, 2.05) is 4.90 Å². The summed E-state index contributed by atoms with van der Waals surface area (Å²) in [6.45, 7) is 1.34. The fourth-order valence-corrected chi connectivity index (χ4v) is 3.11. The second-order valence-electron chi connectivity index (χ2n) is 6.13. The van der Waals surface area contributed by atoms with Crippen LogP contribution in [0, 0.1) is 5.82 Å². The van der Waals surface area contributed by atoms with Crippen LogP contribution >= 0.6 is 0 Å². The lowest BCUT2D eigenvalue weighted by Gasteiger charge is -2.30. The molecular weight excluding hydrogens is 323 g/mol. The molecule has 0 bridgehead atoms. The van der Waals surface area contributed by atoms with Crippen molar-refractivity contribution in [2.24, 2.45) is 0 Å². The summed E-state index contributed by atoms with van der Waals surface area (Å²) < 4.78 is 18.0. The lowest BCUT2D eigenvalue weighted by molar-refractivity contribution is 0.0710. The number of H-pyrrole nitrogens is 1. The Labute approximate surface area is 143 Å². The van der Waals surface area contributed by atoms with E-state index < -0.39 is 0 Å². The van der Waals surface area contributed by atoms with Gasteiger partial charge in [-0.3, -0.25) is 9.89 Å². The Morgan fingerprint density at radius 1 is 1.20 bits per heavy atom. The smallest absolute Gasteiger partial charge is 0.257 e. The van der Waals surface area contributed by atoms with E-state index >= 15 is 0 Å². The number of aromatic amines is 1. The zero-order chi connectivity index (χ0) is 17.2. The summed E-state index contributed by atoms with van der Waals surface area (Å²) >= 11 is 0. The molecule has 0 atom stereocenters. The summed E-state index contributed by atoms with van der Waals surface area (Å²) in [6.07, 6.45) is 4.62. The van der Waals surface area contributed by atoms with Crippen LogP contribution < -0.4 is 0 Å². The third-order valence-corrected chi connectivity index (χ3v) is 4.54. The maximum atomic E-state index is 13.0. The van der Waals surface area contributed by atoms with Gasteiger partial charge in [0.05, 0.1) is 11.8 Å². The zero-order valence-corrected chi connectivity index (χ0v) is 13.5. The van der Waals surface area contributed by atoms with Crippen molar-refractivity contribution in [3.05, 3.63) is 60.1 Å². The standard InChI is InChI=1S/C18H17FN4O2/c19-15-3-1-12(2-4-15)16-20-17(22-21-16)13-5-8-23(9-6-13)18(24)14-7-10-25-11-14/h1-4,7,10-11,13H,5-6,8-9H2,(H,20,21,22). The molecule has 1 N–H and O–H groups in total. The van der Waals surface area contributed by atoms with Crippen LogP contribution in [-0.4, -0.2) is 39.1 Å². The lowest BCUT2D eigenvalue weighted by atomic mass is 9.96. The van der Waals surface area contributed by atoms with Gasteiger partial charge in [0.1, 0.15) is 17.9 Å². The molecule has 0 unspecified atom stereocenters. The highest BCUT2D eigenvalue weighted by Gasteiger charge is 2.27. The molecule has 0 spiro atoms. The molecule has 2 aromatic heterocycles. The van der Waals surface area contributed by atoms with Gasteiger partial charge in [-0.05, 0) is 43.2 Å². The van der Waals surface area contributed by atoms with Gasteiger partial charge in [-0.1, -0.05) is 0 Å². The first-order valence-electron chi connectivity index (χ1n) is 8.20. The largest absolute Gasteiger partial charge is 0.472 e. The second-order valence-corrected chi connectivity index (χ2v) is 6.13. The molecule has 25 heavy (non-hydrogen) atoms. The van der Waals surface area contributed by atoms with Gasteiger partial charge in [0, 0.05) is 24.6 Å². The minimum Gasteiger partial charge on any atom is -0.472 e. The average Bonchev–Trinajstić information content (AvgIpc) is 3.34. The number of carbonyl (C=O) groups is 1. The van der Waals surface area contributed by atoms with Crippen LogP contribution in [0.25, 0.3) is 11.4 Å². The molecule has 1 amide bonds. The summed E-state index contributed by atoms with van der Waals surface area (Å²) in [5.74, 6) is 1.32. The van der Waals surface area contributed by atoms with E-state index in [9.17, 15) is 9.18 Å². The van der Waals surface area contributed by atoms with Gasteiger partial charge in [-0.25, -0.2) is 9.37 Å². The number of halogens is 1. The highest BCUT2D eigenvalue weighted by molar-refractivity contribution is 5.93. The van der Waals surface area contributed by atoms with Crippen LogP contribution in [0.5, 0.6) is 0 Å². The molecule has 3 aromatic rings. The number of aromatic nitrogens is 3. The minimum absolute atomic E-state index is 0.00299. The van der Waals surface area contributed by atoms with Gasteiger partial charge >= 0.3 is 0 Å². The van der Waals surface area contributed by atoms with Crippen molar-refractivity contribution in [1.82, 2.24) is 20.1 Å². The number of benzene rings is 1. The van der Waals surface area contributed by atoms with E-state index in [0.29, 0.717) is 24.5 Å². The third kappa shape index (κ3) is 3.17. The molecule has 128 valence electrons. The number of carbonyl (C=O) groups excluding carboxylic acids is 1. The van der Waals surface area contributed by atoms with Crippen molar-refractivity contribution < 1.29 is 13.6 Å². The number of rotatable bonds is 3. The molecule has 0 saturated carbocycles. The number of piperidine rings is 1. The van der Waals surface area contributed by atoms with Gasteiger partial charge in [-0.2, -0.15) is 5.10 Å². The monoisotopic (exact) mass is 340 g/mol. The second kappa shape index (κ2) is 6.51.